The summed E-state index contributed by atoms with van der Waals surface area (Å²) in [6.07, 6.45) is -2.38. The molecule has 2 saturated carbocycles. The molecule has 2 N–H and O–H groups in total. The molecule has 8 rings (SSSR count). The Labute approximate surface area is 402 Å². The van der Waals surface area contributed by atoms with E-state index in [4.69, 9.17) is 9.47 Å². The molecule has 0 unspecified atom stereocenters. The Hall–Kier alpha value is -6.02. The molecule has 0 aliphatic heterocycles. The summed E-state index contributed by atoms with van der Waals surface area (Å²) in [5.41, 5.74) is 1.67. The van der Waals surface area contributed by atoms with E-state index in [1.807, 2.05) is 44.2 Å². The van der Waals surface area contributed by atoms with Gasteiger partial charge in [-0.05, 0) is 175 Å². The highest BCUT2D eigenvalue weighted by atomic mass is 32.2. The van der Waals surface area contributed by atoms with Crippen LogP contribution in [0.1, 0.15) is 103 Å². The first-order valence-corrected chi connectivity index (χ1v) is 24.1. The summed E-state index contributed by atoms with van der Waals surface area (Å²) in [6.45, 7) is 7.39. The number of benzene rings is 4. The van der Waals surface area contributed by atoms with E-state index in [1.54, 1.807) is 19.9 Å². The smallest absolute Gasteiger partial charge is 0.416 e. The van der Waals surface area contributed by atoms with Gasteiger partial charge >= 0.3 is 24.3 Å². The molecular formula is C49H50F6N6O6S2. The molecule has 20 heteroatoms. The van der Waals surface area contributed by atoms with Gasteiger partial charge in [-0.2, -0.15) is 56.3 Å². The van der Waals surface area contributed by atoms with Crippen molar-refractivity contribution in [3.05, 3.63) is 130 Å². The zero-order valence-corrected chi connectivity index (χ0v) is 39.8. The largest absolute Gasteiger partial charge is 0.478 e. The molecule has 0 atom stereocenters. The Morgan fingerprint density at radius 3 is 1.22 bits per heavy atom. The van der Waals surface area contributed by atoms with Gasteiger partial charge in [0.1, 0.15) is 11.5 Å². The monoisotopic (exact) mass is 996 g/mol. The van der Waals surface area contributed by atoms with Crippen LogP contribution in [-0.4, -0.2) is 63.3 Å². The molecule has 0 bridgehead atoms. The zero-order chi connectivity index (χ0) is 49.7. The van der Waals surface area contributed by atoms with Crippen LogP contribution in [0.15, 0.2) is 94.7 Å². The molecule has 69 heavy (non-hydrogen) atoms. The van der Waals surface area contributed by atoms with Crippen LogP contribution in [-0.2, 0) is 33.4 Å². The zero-order valence-electron chi connectivity index (χ0n) is 38.2. The second kappa shape index (κ2) is 20.9. The Kier molecular flexibility index (Phi) is 15.4. The molecule has 2 fully saturated rings. The van der Waals surface area contributed by atoms with Gasteiger partial charge in [0.25, 0.3) is 0 Å². The third-order valence-electron chi connectivity index (χ3n) is 12.1. The van der Waals surface area contributed by atoms with Gasteiger partial charge < -0.3 is 19.7 Å². The minimum Gasteiger partial charge on any atom is -0.478 e. The number of aryl methyl sites for hydroxylation is 4. The Morgan fingerprint density at radius 2 is 0.899 bits per heavy atom. The molecule has 366 valence electrons. The van der Waals surface area contributed by atoms with Gasteiger partial charge in [-0.15, -0.1) is 23.5 Å². The van der Waals surface area contributed by atoms with Crippen LogP contribution in [0.25, 0.3) is 11.4 Å². The second-order valence-electron chi connectivity index (χ2n) is 17.1. The fraction of sp³-hybridized carbons (Fsp3) is 0.388. The van der Waals surface area contributed by atoms with E-state index < -0.39 is 46.6 Å². The number of carboxylic acid groups (broad SMARTS) is 2. The molecule has 4 aromatic carbocycles. The van der Waals surface area contributed by atoms with Crippen LogP contribution in [0.5, 0.6) is 11.5 Å². The van der Waals surface area contributed by atoms with Gasteiger partial charge in [0.15, 0.2) is 0 Å². The first kappa shape index (κ1) is 50.8. The van der Waals surface area contributed by atoms with E-state index >= 15 is 0 Å². The molecule has 2 aliphatic carbocycles. The number of carboxylic acids is 2. The van der Waals surface area contributed by atoms with Crippen LogP contribution in [0.3, 0.4) is 0 Å². The average molecular weight is 997 g/mol. The topological polar surface area (TPSA) is 154 Å². The maximum Gasteiger partial charge on any atom is 0.416 e. The minimum absolute atomic E-state index is 0.448. The van der Waals surface area contributed by atoms with Crippen molar-refractivity contribution in [1.82, 2.24) is 30.0 Å². The number of aromatic nitrogens is 6. The predicted octanol–water partition coefficient (Wildman–Crippen LogP) is 12.3. The first-order chi connectivity index (χ1) is 32.6. The van der Waals surface area contributed by atoms with Crippen molar-refractivity contribution in [1.29, 1.82) is 0 Å². The highest BCUT2D eigenvalue weighted by molar-refractivity contribution is 7.98. The first-order valence-electron chi connectivity index (χ1n) is 22.2. The van der Waals surface area contributed by atoms with Crippen molar-refractivity contribution in [2.45, 2.75) is 130 Å². The SMILES string of the molecule is Cc1cc(SCc2nn(-c3ccc(C(F)(F)F)cc3)nc2C)ccc1OC1(C(=O)O)CCCC1.Cc1cc(SCc2nn(-c3ccc(C(F)(F)F)cc3)nc2C)ccc1OC1(C(=O)O)CCCCC1. The van der Waals surface area contributed by atoms with Crippen LogP contribution in [0.2, 0.25) is 0 Å². The molecule has 2 heterocycles. The second-order valence-corrected chi connectivity index (χ2v) is 19.2. The third kappa shape index (κ3) is 12.2. The van der Waals surface area contributed by atoms with Crippen molar-refractivity contribution in [3.8, 4) is 22.9 Å². The normalized spacial score (nSPS) is 15.6. The van der Waals surface area contributed by atoms with E-state index in [9.17, 15) is 46.1 Å². The summed E-state index contributed by atoms with van der Waals surface area (Å²) in [4.78, 5) is 28.3. The van der Waals surface area contributed by atoms with Crippen LogP contribution in [0.4, 0.5) is 26.3 Å². The molecule has 2 aliphatic rings. The van der Waals surface area contributed by atoms with Gasteiger partial charge in [-0.1, -0.05) is 6.42 Å². The molecule has 0 amide bonds. The lowest BCUT2D eigenvalue weighted by Crippen LogP contribution is -2.46. The van der Waals surface area contributed by atoms with E-state index in [-0.39, 0.29) is 0 Å². The maximum atomic E-state index is 12.8. The molecular weight excluding hydrogens is 947 g/mol. The van der Waals surface area contributed by atoms with E-state index in [1.165, 1.54) is 57.4 Å². The third-order valence-corrected chi connectivity index (χ3v) is 14.1. The van der Waals surface area contributed by atoms with Gasteiger partial charge in [-0.25, -0.2) is 9.59 Å². The lowest BCUT2D eigenvalue weighted by molar-refractivity contribution is -0.158. The summed E-state index contributed by atoms with van der Waals surface area (Å²) in [5, 5.41) is 37.0. The number of hydrogen-bond donors (Lipinski definition) is 2. The number of halogens is 6. The number of alkyl halides is 6. The van der Waals surface area contributed by atoms with E-state index in [2.05, 4.69) is 20.4 Å². The quantitative estimate of drug-likeness (QED) is 0.0788. The van der Waals surface area contributed by atoms with Gasteiger partial charge in [0.05, 0.1) is 45.3 Å². The number of ether oxygens (including phenoxy) is 2. The summed E-state index contributed by atoms with van der Waals surface area (Å²) in [7, 11) is 0. The molecule has 0 saturated heterocycles. The number of carbonyl (C=O) groups is 2. The highest BCUT2D eigenvalue weighted by Gasteiger charge is 2.44. The Balaban J connectivity index is 0.000000204. The Morgan fingerprint density at radius 1 is 0.551 bits per heavy atom. The van der Waals surface area contributed by atoms with Crippen molar-refractivity contribution in [2.75, 3.05) is 0 Å². The molecule has 0 spiro atoms. The van der Waals surface area contributed by atoms with Crippen LogP contribution < -0.4 is 9.47 Å². The molecule has 6 aromatic rings. The number of hydrogen-bond acceptors (Lipinski definition) is 10. The molecule has 12 nitrogen and oxygen atoms in total. The standard InChI is InChI=1S/C25H26F3N3O3S.C24H24F3N3O3S/c1-16-14-20(10-11-22(16)34-24(23(32)33)12-4-3-5-13-24)35-15-21-17(2)29-31(30-21)19-8-6-18(7-9-19)25(26,27)28;1-15-13-19(9-10-21(15)33-23(22(31)32)11-3-4-12-23)34-14-20-16(2)28-30(29-20)18-7-5-17(6-8-18)24(25,26)27/h6-11,14H,3-5,12-13,15H2,1-2H3,(H,32,33);5-10,13H,3-4,11-12,14H2,1-2H3,(H,31,32). The lowest BCUT2D eigenvalue weighted by atomic mass is 9.84. The summed E-state index contributed by atoms with van der Waals surface area (Å²) in [5.74, 6) is 0.341. The van der Waals surface area contributed by atoms with Gasteiger partial charge in [0, 0.05) is 21.3 Å². The number of rotatable bonds is 14. The number of thioether (sulfide) groups is 2. The fourth-order valence-electron chi connectivity index (χ4n) is 8.05. The Bertz CT molecular complexity index is 2770. The summed E-state index contributed by atoms with van der Waals surface area (Å²) in [6, 6.07) is 20.7. The van der Waals surface area contributed by atoms with Crippen LogP contribution in [0, 0.1) is 27.7 Å². The molecule has 2 aromatic heterocycles. The van der Waals surface area contributed by atoms with E-state index in [0.29, 0.717) is 71.5 Å². The van der Waals surface area contributed by atoms with Crippen molar-refractivity contribution < 1.29 is 55.6 Å². The van der Waals surface area contributed by atoms with Crippen molar-refractivity contribution in [3.63, 3.8) is 0 Å². The maximum absolute atomic E-state index is 12.8. The highest BCUT2D eigenvalue weighted by Crippen LogP contribution is 2.39. The minimum atomic E-state index is -4.39. The van der Waals surface area contributed by atoms with Gasteiger partial charge in [0.2, 0.25) is 11.2 Å². The predicted molar refractivity (Wildman–Crippen MR) is 247 cm³/mol. The number of nitrogens with zero attached hydrogens (tertiary/aromatic N) is 6. The average Bonchev–Trinajstić information content (AvgIpc) is 4.05. The van der Waals surface area contributed by atoms with Gasteiger partial charge in [-0.3, -0.25) is 0 Å². The van der Waals surface area contributed by atoms with Crippen LogP contribution >= 0.6 is 23.5 Å². The summed E-state index contributed by atoms with van der Waals surface area (Å²) >= 11 is 3.08. The fourth-order valence-corrected chi connectivity index (χ4v) is 10.0. The number of aliphatic carboxylic acids is 2. The summed E-state index contributed by atoms with van der Waals surface area (Å²) < 4.78 is 88.8. The molecule has 0 radical (unpaired) electrons. The van der Waals surface area contributed by atoms with Crippen molar-refractivity contribution >= 4 is 35.5 Å². The van der Waals surface area contributed by atoms with E-state index in [0.717, 1.165) is 88.7 Å². The van der Waals surface area contributed by atoms with Crippen molar-refractivity contribution in [2.24, 2.45) is 0 Å². The lowest BCUT2D eigenvalue weighted by Gasteiger charge is -2.34.